The minimum atomic E-state index is -3.80. The molecule has 24 heavy (non-hydrogen) atoms. The molecule has 7 heteroatoms. The van der Waals surface area contributed by atoms with E-state index in [1.54, 1.807) is 45.0 Å². The third kappa shape index (κ3) is 4.07. The van der Waals surface area contributed by atoms with Gasteiger partial charge < -0.3 is 4.74 Å². The summed E-state index contributed by atoms with van der Waals surface area (Å²) >= 11 is 6.01. The third-order valence-electron chi connectivity index (χ3n) is 3.37. The number of hydrogen-bond acceptors (Lipinski definition) is 4. The second-order valence-corrected chi connectivity index (χ2v) is 7.33. The van der Waals surface area contributed by atoms with Gasteiger partial charge in [-0.25, -0.2) is 13.2 Å². The van der Waals surface area contributed by atoms with E-state index >= 15 is 0 Å². The largest absolute Gasteiger partial charge is 0.462 e. The van der Waals surface area contributed by atoms with Crippen molar-refractivity contribution in [3.05, 3.63) is 58.1 Å². The number of halogens is 1. The van der Waals surface area contributed by atoms with Crippen LogP contribution in [0.2, 0.25) is 5.02 Å². The molecule has 5 nitrogen and oxygen atoms in total. The molecule has 0 fully saturated rings. The van der Waals surface area contributed by atoms with Gasteiger partial charge in [-0.05, 0) is 62.2 Å². The summed E-state index contributed by atoms with van der Waals surface area (Å²) < 4.78 is 32.6. The van der Waals surface area contributed by atoms with E-state index in [0.717, 1.165) is 0 Å². The summed E-state index contributed by atoms with van der Waals surface area (Å²) in [4.78, 5) is 11.9. The maximum absolute atomic E-state index is 12.6. The average Bonchev–Trinajstić information content (AvgIpc) is 2.50. The minimum Gasteiger partial charge on any atom is -0.462 e. The molecule has 0 aliphatic heterocycles. The van der Waals surface area contributed by atoms with Gasteiger partial charge in [0, 0.05) is 10.7 Å². The summed E-state index contributed by atoms with van der Waals surface area (Å²) in [6.45, 7) is 5.37. The Morgan fingerprint density at radius 1 is 1.17 bits per heavy atom. The van der Waals surface area contributed by atoms with E-state index in [1.807, 2.05) is 0 Å². The Bertz CT molecular complexity index is 878. The number of nitrogens with one attached hydrogen (secondary N) is 1. The second kappa shape index (κ2) is 7.23. The van der Waals surface area contributed by atoms with E-state index in [9.17, 15) is 13.2 Å². The molecule has 0 saturated heterocycles. The smallest absolute Gasteiger partial charge is 0.338 e. The first-order valence-corrected chi connectivity index (χ1v) is 9.17. The van der Waals surface area contributed by atoms with E-state index in [1.165, 1.54) is 12.1 Å². The molecule has 2 aromatic carbocycles. The molecule has 0 radical (unpaired) electrons. The van der Waals surface area contributed by atoms with Gasteiger partial charge in [0.15, 0.2) is 0 Å². The number of anilines is 1. The summed E-state index contributed by atoms with van der Waals surface area (Å²) in [5.41, 5.74) is 1.77. The van der Waals surface area contributed by atoms with Crippen molar-refractivity contribution in [1.29, 1.82) is 0 Å². The lowest BCUT2D eigenvalue weighted by molar-refractivity contribution is 0.0526. The van der Waals surface area contributed by atoms with Crippen LogP contribution < -0.4 is 4.72 Å². The van der Waals surface area contributed by atoms with Crippen LogP contribution in [0.1, 0.15) is 28.4 Å². The van der Waals surface area contributed by atoms with Crippen molar-refractivity contribution in [3.8, 4) is 0 Å². The van der Waals surface area contributed by atoms with E-state index in [4.69, 9.17) is 16.3 Å². The topological polar surface area (TPSA) is 72.5 Å². The number of benzene rings is 2. The fourth-order valence-electron chi connectivity index (χ4n) is 2.18. The Morgan fingerprint density at radius 2 is 1.88 bits per heavy atom. The highest BCUT2D eigenvalue weighted by Crippen LogP contribution is 2.26. The maximum Gasteiger partial charge on any atom is 0.338 e. The summed E-state index contributed by atoms with van der Waals surface area (Å²) in [5, 5.41) is 0.510. The van der Waals surface area contributed by atoms with Crippen LogP contribution in [0.5, 0.6) is 0 Å². The van der Waals surface area contributed by atoms with Gasteiger partial charge in [-0.3, -0.25) is 4.72 Å². The fourth-order valence-corrected chi connectivity index (χ4v) is 3.76. The molecule has 0 atom stereocenters. The molecule has 2 rings (SSSR count). The number of esters is 1. The zero-order chi connectivity index (χ0) is 17.9. The van der Waals surface area contributed by atoms with Crippen LogP contribution in [0.3, 0.4) is 0 Å². The molecule has 0 heterocycles. The summed E-state index contributed by atoms with van der Waals surface area (Å²) in [7, 11) is -3.80. The minimum absolute atomic E-state index is 0.144. The number of rotatable bonds is 5. The van der Waals surface area contributed by atoms with E-state index in [-0.39, 0.29) is 22.8 Å². The van der Waals surface area contributed by atoms with Gasteiger partial charge in [0.1, 0.15) is 0 Å². The molecule has 0 spiro atoms. The molecule has 0 aromatic heterocycles. The first-order valence-electron chi connectivity index (χ1n) is 7.31. The zero-order valence-corrected chi connectivity index (χ0v) is 15.2. The van der Waals surface area contributed by atoms with Crippen LogP contribution in [0.15, 0.2) is 41.3 Å². The SMILES string of the molecule is CCOC(=O)c1cccc(NS(=O)(=O)c2cc(C)c(Cl)cc2C)c1. The van der Waals surface area contributed by atoms with Crippen LogP contribution >= 0.6 is 11.6 Å². The van der Waals surface area contributed by atoms with Crippen LogP contribution in [0, 0.1) is 13.8 Å². The number of sulfonamides is 1. The van der Waals surface area contributed by atoms with Crippen molar-refractivity contribution in [3.63, 3.8) is 0 Å². The lowest BCUT2D eigenvalue weighted by Gasteiger charge is -2.12. The average molecular weight is 368 g/mol. The molecule has 0 aliphatic carbocycles. The Kier molecular flexibility index (Phi) is 5.51. The van der Waals surface area contributed by atoms with Gasteiger partial charge in [-0.2, -0.15) is 0 Å². The van der Waals surface area contributed by atoms with Crippen molar-refractivity contribution in [2.45, 2.75) is 25.7 Å². The predicted molar refractivity (Wildman–Crippen MR) is 94.1 cm³/mol. The summed E-state index contributed by atoms with van der Waals surface area (Å²) in [6.07, 6.45) is 0. The normalized spacial score (nSPS) is 11.2. The Morgan fingerprint density at radius 3 is 2.54 bits per heavy atom. The van der Waals surface area contributed by atoms with Crippen LogP contribution in [0.4, 0.5) is 5.69 Å². The number of aryl methyl sites for hydroxylation is 2. The van der Waals surface area contributed by atoms with Gasteiger partial charge in [0.05, 0.1) is 17.1 Å². The number of ether oxygens (including phenoxy) is 1. The van der Waals surface area contributed by atoms with Gasteiger partial charge >= 0.3 is 5.97 Å². The van der Waals surface area contributed by atoms with Crippen LogP contribution in [0.25, 0.3) is 0 Å². The summed E-state index contributed by atoms with van der Waals surface area (Å²) in [5.74, 6) is -0.503. The number of hydrogen-bond donors (Lipinski definition) is 1. The molecule has 0 bridgehead atoms. The van der Waals surface area contributed by atoms with Crippen molar-refractivity contribution in [2.24, 2.45) is 0 Å². The molecule has 1 N–H and O–H groups in total. The molecule has 2 aromatic rings. The summed E-state index contributed by atoms with van der Waals surface area (Å²) in [6, 6.07) is 9.29. The monoisotopic (exact) mass is 367 g/mol. The third-order valence-corrected chi connectivity index (χ3v) is 5.30. The van der Waals surface area contributed by atoms with Gasteiger partial charge in [0.25, 0.3) is 10.0 Å². The first-order chi connectivity index (χ1) is 11.2. The predicted octanol–water partition coefficient (Wildman–Crippen LogP) is 3.93. The van der Waals surface area contributed by atoms with E-state index in [0.29, 0.717) is 16.1 Å². The molecule has 0 saturated carbocycles. The van der Waals surface area contributed by atoms with E-state index in [2.05, 4.69) is 4.72 Å². The van der Waals surface area contributed by atoms with Crippen LogP contribution in [-0.4, -0.2) is 21.0 Å². The first kappa shape index (κ1) is 18.3. The zero-order valence-electron chi connectivity index (χ0n) is 13.6. The molecule has 128 valence electrons. The van der Waals surface area contributed by atoms with Crippen LogP contribution in [-0.2, 0) is 14.8 Å². The molecular weight excluding hydrogens is 350 g/mol. The van der Waals surface area contributed by atoms with Gasteiger partial charge in [0.2, 0.25) is 0 Å². The number of carbonyl (C=O) groups excluding carboxylic acids is 1. The van der Waals surface area contributed by atoms with Gasteiger partial charge in [-0.15, -0.1) is 0 Å². The highest BCUT2D eigenvalue weighted by molar-refractivity contribution is 7.92. The fraction of sp³-hybridized carbons (Fsp3) is 0.235. The van der Waals surface area contributed by atoms with E-state index < -0.39 is 16.0 Å². The highest BCUT2D eigenvalue weighted by Gasteiger charge is 2.19. The molecule has 0 amide bonds. The Balaban J connectivity index is 2.35. The van der Waals surface area contributed by atoms with Gasteiger partial charge in [-0.1, -0.05) is 17.7 Å². The van der Waals surface area contributed by atoms with Crippen molar-refractivity contribution in [2.75, 3.05) is 11.3 Å². The quantitative estimate of drug-likeness (QED) is 0.812. The van der Waals surface area contributed by atoms with Crippen molar-refractivity contribution >= 4 is 33.3 Å². The molecule has 0 unspecified atom stereocenters. The standard InChI is InChI=1S/C17H18ClNO4S/c1-4-23-17(20)13-6-5-7-14(10-13)19-24(21,22)16-9-11(2)15(18)8-12(16)3/h5-10,19H,4H2,1-3H3. The lowest BCUT2D eigenvalue weighted by Crippen LogP contribution is -2.15. The Hall–Kier alpha value is -2.05. The second-order valence-electron chi connectivity index (χ2n) is 5.27. The maximum atomic E-state index is 12.6. The molecule has 0 aliphatic rings. The molecular formula is C17H18ClNO4S. The highest BCUT2D eigenvalue weighted by atomic mass is 35.5. The van der Waals surface area contributed by atoms with Crippen molar-refractivity contribution < 1.29 is 17.9 Å². The Labute approximate surface area is 146 Å². The number of carbonyl (C=O) groups is 1. The van der Waals surface area contributed by atoms with Crippen molar-refractivity contribution in [1.82, 2.24) is 0 Å². The lowest BCUT2D eigenvalue weighted by atomic mass is 10.2.